The Labute approximate surface area is 155 Å². The number of hydrogen-bond donors (Lipinski definition) is 0. The summed E-state index contributed by atoms with van der Waals surface area (Å²) in [6, 6.07) is 2.30. The van der Waals surface area contributed by atoms with Gasteiger partial charge in [-0.3, -0.25) is 4.18 Å². The molecule has 0 amide bonds. The van der Waals surface area contributed by atoms with E-state index in [1.54, 1.807) is 6.92 Å². The van der Waals surface area contributed by atoms with Gasteiger partial charge in [0, 0.05) is 5.92 Å². The Hall–Kier alpha value is -0.600. The number of oxime groups is 1. The number of alkyl halides is 1. The summed E-state index contributed by atoms with van der Waals surface area (Å²) in [5, 5.41) is 3.33. The number of hydrogen-bond acceptors (Lipinski definition) is 5. The third-order valence-corrected chi connectivity index (χ3v) is 5.82. The van der Waals surface area contributed by atoms with Crippen LogP contribution >= 0.6 is 34.8 Å². The van der Waals surface area contributed by atoms with E-state index >= 15 is 0 Å². The second-order valence-electron chi connectivity index (χ2n) is 4.93. The summed E-state index contributed by atoms with van der Waals surface area (Å²) in [4.78, 5) is 4.08. The topological polar surface area (TPSA) is 65.0 Å². The number of rotatable bonds is 8. The van der Waals surface area contributed by atoms with Crippen LogP contribution in [0, 0.1) is 5.92 Å². The third kappa shape index (κ3) is 5.46. The second-order valence-corrected chi connectivity index (χ2v) is 7.70. The van der Waals surface area contributed by atoms with Crippen LogP contribution in [-0.2, 0) is 19.1 Å². The van der Waals surface area contributed by atoms with E-state index in [-0.39, 0.29) is 26.4 Å². The van der Waals surface area contributed by atoms with Crippen molar-refractivity contribution in [2.45, 2.75) is 37.4 Å². The number of benzene rings is 1. The first kappa shape index (κ1) is 21.4. The minimum Gasteiger partial charge on any atom is -0.399 e. The van der Waals surface area contributed by atoms with Gasteiger partial charge in [0.25, 0.3) is 10.1 Å². The molecule has 0 bridgehead atoms. The molecule has 0 saturated carbocycles. The molecule has 0 aliphatic heterocycles. The second kappa shape index (κ2) is 9.20. The Morgan fingerprint density at radius 3 is 2.38 bits per heavy atom. The minimum atomic E-state index is -4.26. The summed E-state index contributed by atoms with van der Waals surface area (Å²) in [5.74, 6) is -0.787. The van der Waals surface area contributed by atoms with Gasteiger partial charge in [-0.25, -0.2) is 4.39 Å². The Balaban J connectivity index is 3.07. The van der Waals surface area contributed by atoms with Gasteiger partial charge in [-0.15, -0.1) is 0 Å². The predicted octanol–water partition coefficient (Wildman–Crippen LogP) is 4.74. The van der Waals surface area contributed by atoms with E-state index in [0.717, 1.165) is 12.3 Å². The Morgan fingerprint density at radius 1 is 1.25 bits per heavy atom. The normalized spacial score (nSPS) is 16.1. The van der Waals surface area contributed by atoms with E-state index in [1.807, 2.05) is 0 Å². The van der Waals surface area contributed by atoms with Crippen LogP contribution in [0.25, 0.3) is 0 Å². The minimum absolute atomic E-state index is 0.0138. The molecule has 0 fully saturated rings. The summed E-state index contributed by atoms with van der Waals surface area (Å²) in [7, 11) is -2.98. The van der Waals surface area contributed by atoms with Gasteiger partial charge in [-0.2, -0.15) is 8.42 Å². The van der Waals surface area contributed by atoms with Crippen molar-refractivity contribution < 1.29 is 21.8 Å². The quantitative estimate of drug-likeness (QED) is 0.264. The Kier molecular flexibility index (Phi) is 8.22. The SMILES string of the molecule is CC[C@@H](OS(=O)(=O)c1cc(Cl)c(Cl)cc1Cl)[C@@H](C)[C@H](F)C=NOC. The lowest BCUT2D eigenvalue weighted by molar-refractivity contribution is 0.110. The molecule has 5 nitrogen and oxygen atoms in total. The van der Waals surface area contributed by atoms with Gasteiger partial charge in [0.2, 0.25) is 0 Å². The molecule has 3 atom stereocenters. The largest absolute Gasteiger partial charge is 0.399 e. The molecule has 1 aromatic rings. The highest BCUT2D eigenvalue weighted by Gasteiger charge is 2.31. The van der Waals surface area contributed by atoms with Gasteiger partial charge >= 0.3 is 0 Å². The molecule has 0 heterocycles. The standard InChI is InChI=1S/C14H17Cl3FNO4S/c1-4-13(8(2)12(18)7-19-22-3)23-24(20,21)14-6-10(16)9(15)5-11(14)17/h5-8,12-13H,4H2,1-3H3/t8-,12+,13+/m0/s1. The fourth-order valence-electron chi connectivity index (χ4n) is 1.90. The fourth-order valence-corrected chi connectivity index (χ4v) is 4.09. The first-order chi connectivity index (χ1) is 11.1. The van der Waals surface area contributed by atoms with E-state index < -0.39 is 28.3 Å². The van der Waals surface area contributed by atoms with Gasteiger partial charge < -0.3 is 4.84 Å². The average molecular weight is 421 g/mol. The first-order valence-electron chi connectivity index (χ1n) is 6.92. The molecular weight excluding hydrogens is 404 g/mol. The smallest absolute Gasteiger partial charge is 0.298 e. The zero-order valence-corrected chi connectivity index (χ0v) is 16.3. The maximum absolute atomic E-state index is 14.0. The maximum atomic E-state index is 14.0. The lowest BCUT2D eigenvalue weighted by Crippen LogP contribution is -2.32. The highest BCUT2D eigenvalue weighted by Crippen LogP contribution is 2.33. The molecule has 24 heavy (non-hydrogen) atoms. The average Bonchev–Trinajstić information content (AvgIpc) is 2.52. The third-order valence-electron chi connectivity index (χ3n) is 3.29. The van der Waals surface area contributed by atoms with Crippen molar-refractivity contribution >= 4 is 51.1 Å². The first-order valence-corrected chi connectivity index (χ1v) is 9.46. The number of nitrogens with zero attached hydrogens (tertiary/aromatic N) is 1. The highest BCUT2D eigenvalue weighted by molar-refractivity contribution is 7.87. The van der Waals surface area contributed by atoms with Crippen LogP contribution in [0.2, 0.25) is 15.1 Å². The van der Waals surface area contributed by atoms with E-state index in [4.69, 9.17) is 39.0 Å². The summed E-state index contributed by atoms with van der Waals surface area (Å²) >= 11 is 17.5. The summed E-state index contributed by atoms with van der Waals surface area (Å²) in [6.45, 7) is 3.18. The van der Waals surface area contributed by atoms with Crippen LogP contribution in [0.15, 0.2) is 22.2 Å². The molecule has 1 aromatic carbocycles. The van der Waals surface area contributed by atoms with Crippen molar-refractivity contribution in [3.05, 3.63) is 27.2 Å². The van der Waals surface area contributed by atoms with Gasteiger partial charge in [0.15, 0.2) is 0 Å². The molecule has 0 aliphatic rings. The predicted molar refractivity (Wildman–Crippen MR) is 93.4 cm³/mol. The Morgan fingerprint density at radius 2 is 1.83 bits per heavy atom. The molecule has 0 aromatic heterocycles. The molecule has 136 valence electrons. The van der Waals surface area contributed by atoms with Crippen LogP contribution < -0.4 is 0 Å². The van der Waals surface area contributed by atoms with Gasteiger partial charge in [0.1, 0.15) is 18.2 Å². The molecular formula is C14H17Cl3FNO4S. The van der Waals surface area contributed by atoms with Crippen LogP contribution in [0.5, 0.6) is 0 Å². The summed E-state index contributed by atoms with van der Waals surface area (Å²) < 4.78 is 44.1. The van der Waals surface area contributed by atoms with Crippen molar-refractivity contribution in [1.82, 2.24) is 0 Å². The van der Waals surface area contributed by atoms with E-state index in [0.29, 0.717) is 0 Å². The lowest BCUT2D eigenvalue weighted by atomic mass is 9.98. The molecule has 0 N–H and O–H groups in total. The highest BCUT2D eigenvalue weighted by atomic mass is 35.5. The van der Waals surface area contributed by atoms with Gasteiger partial charge in [-0.05, 0) is 18.6 Å². The molecule has 0 radical (unpaired) electrons. The van der Waals surface area contributed by atoms with Crippen LogP contribution in [0.4, 0.5) is 4.39 Å². The van der Waals surface area contributed by atoms with Crippen LogP contribution in [0.1, 0.15) is 20.3 Å². The van der Waals surface area contributed by atoms with Crippen molar-refractivity contribution in [2.24, 2.45) is 11.1 Å². The molecule has 10 heteroatoms. The van der Waals surface area contributed by atoms with Crippen molar-refractivity contribution in [3.63, 3.8) is 0 Å². The van der Waals surface area contributed by atoms with Gasteiger partial charge in [0.05, 0.1) is 27.4 Å². The summed E-state index contributed by atoms with van der Waals surface area (Å²) in [6.07, 6.45) is -1.29. The van der Waals surface area contributed by atoms with Crippen LogP contribution in [0.3, 0.4) is 0 Å². The number of halogens is 4. The van der Waals surface area contributed by atoms with Crippen molar-refractivity contribution in [1.29, 1.82) is 0 Å². The molecule has 0 unspecified atom stereocenters. The monoisotopic (exact) mass is 419 g/mol. The Bertz CT molecular complexity index is 700. The molecule has 1 rings (SSSR count). The van der Waals surface area contributed by atoms with Crippen molar-refractivity contribution in [2.75, 3.05) is 7.11 Å². The van der Waals surface area contributed by atoms with E-state index in [2.05, 4.69) is 9.99 Å². The zero-order chi connectivity index (χ0) is 18.5. The summed E-state index contributed by atoms with van der Waals surface area (Å²) in [5.41, 5.74) is 0. The molecule has 0 aliphatic carbocycles. The van der Waals surface area contributed by atoms with Gasteiger partial charge in [-0.1, -0.05) is 53.8 Å². The molecule has 0 saturated heterocycles. The van der Waals surface area contributed by atoms with E-state index in [9.17, 15) is 12.8 Å². The zero-order valence-electron chi connectivity index (χ0n) is 13.2. The fraction of sp³-hybridized carbons (Fsp3) is 0.500. The maximum Gasteiger partial charge on any atom is 0.298 e. The molecule has 0 spiro atoms. The van der Waals surface area contributed by atoms with E-state index in [1.165, 1.54) is 20.1 Å². The van der Waals surface area contributed by atoms with Crippen molar-refractivity contribution in [3.8, 4) is 0 Å². The van der Waals surface area contributed by atoms with Crippen LogP contribution in [-0.4, -0.2) is 34.0 Å². The lowest BCUT2D eigenvalue weighted by Gasteiger charge is -2.23.